The second-order valence-corrected chi connectivity index (χ2v) is 2.89. The smallest absolute Gasteiger partial charge is 0.305 e. The summed E-state index contributed by atoms with van der Waals surface area (Å²) in [4.78, 5) is 10.3. The van der Waals surface area contributed by atoms with Crippen molar-refractivity contribution in [3.05, 3.63) is 23.8 Å². The van der Waals surface area contributed by atoms with Gasteiger partial charge in [0.2, 0.25) is 0 Å². The third-order valence-corrected chi connectivity index (χ3v) is 1.91. The average molecular weight is 167 g/mol. The topological polar surface area (TPSA) is 63.3 Å². The van der Waals surface area contributed by atoms with E-state index in [-0.39, 0.29) is 12.5 Å². The van der Waals surface area contributed by atoms with Crippen molar-refractivity contribution in [3.63, 3.8) is 0 Å². The number of rotatable bonds is 3. The highest BCUT2D eigenvalue weighted by Gasteiger charge is 2.12. The summed E-state index contributed by atoms with van der Waals surface area (Å²) in [6.45, 7) is 0. The van der Waals surface area contributed by atoms with Crippen LogP contribution in [0.2, 0.25) is 0 Å². The Morgan fingerprint density at radius 3 is 2.92 bits per heavy atom. The van der Waals surface area contributed by atoms with Gasteiger partial charge in [-0.25, -0.2) is 0 Å². The first-order valence-electron chi connectivity index (χ1n) is 4.01. The van der Waals surface area contributed by atoms with Crippen molar-refractivity contribution < 1.29 is 9.90 Å². The van der Waals surface area contributed by atoms with Gasteiger partial charge in [-0.1, -0.05) is 23.8 Å². The van der Waals surface area contributed by atoms with Crippen LogP contribution >= 0.6 is 0 Å². The van der Waals surface area contributed by atoms with Gasteiger partial charge in [-0.15, -0.1) is 0 Å². The van der Waals surface area contributed by atoms with Crippen molar-refractivity contribution in [1.29, 1.82) is 0 Å². The number of carboxylic acid groups (broad SMARTS) is 1. The zero-order chi connectivity index (χ0) is 8.97. The van der Waals surface area contributed by atoms with E-state index in [1.165, 1.54) is 0 Å². The van der Waals surface area contributed by atoms with E-state index in [1.54, 1.807) is 0 Å². The molecule has 0 aliphatic heterocycles. The van der Waals surface area contributed by atoms with Gasteiger partial charge >= 0.3 is 5.97 Å². The molecule has 0 radical (unpaired) electrons. The Morgan fingerprint density at radius 1 is 1.67 bits per heavy atom. The molecule has 66 valence electrons. The zero-order valence-corrected chi connectivity index (χ0v) is 6.86. The van der Waals surface area contributed by atoms with Gasteiger partial charge in [-0.2, -0.15) is 0 Å². The van der Waals surface area contributed by atoms with E-state index in [2.05, 4.69) is 6.08 Å². The first kappa shape index (κ1) is 9.00. The highest BCUT2D eigenvalue weighted by Crippen LogP contribution is 2.15. The molecule has 0 aromatic carbocycles. The normalized spacial score (nSPS) is 18.6. The van der Waals surface area contributed by atoms with Crippen molar-refractivity contribution in [1.82, 2.24) is 0 Å². The predicted octanol–water partition coefficient (Wildman–Crippen LogP) is 1.06. The van der Waals surface area contributed by atoms with Crippen LogP contribution in [0.3, 0.4) is 0 Å². The molecule has 0 saturated carbocycles. The standard InChI is InChI=1S/C9H13NO2/c10-8(6-9(11)12)7-4-2-1-3-5-7/h1-2,5,8H,3-4,6,10H2,(H,11,12). The molecule has 3 N–H and O–H groups in total. The fourth-order valence-electron chi connectivity index (χ4n) is 1.24. The second-order valence-electron chi connectivity index (χ2n) is 2.89. The van der Waals surface area contributed by atoms with E-state index in [0.717, 1.165) is 18.4 Å². The Balaban J connectivity index is 2.46. The van der Waals surface area contributed by atoms with Gasteiger partial charge in [0.05, 0.1) is 6.42 Å². The molecular weight excluding hydrogens is 154 g/mol. The lowest BCUT2D eigenvalue weighted by atomic mass is 9.97. The van der Waals surface area contributed by atoms with Gasteiger partial charge in [0.25, 0.3) is 0 Å². The molecule has 12 heavy (non-hydrogen) atoms. The van der Waals surface area contributed by atoms with Gasteiger partial charge < -0.3 is 10.8 Å². The molecule has 1 rings (SSSR count). The molecular formula is C9H13NO2. The lowest BCUT2D eigenvalue weighted by molar-refractivity contribution is -0.137. The van der Waals surface area contributed by atoms with Crippen LogP contribution in [-0.2, 0) is 4.79 Å². The Bertz CT molecular complexity index is 231. The van der Waals surface area contributed by atoms with Crippen LogP contribution in [0.15, 0.2) is 23.8 Å². The number of carboxylic acids is 1. The predicted molar refractivity (Wildman–Crippen MR) is 46.7 cm³/mol. The minimum Gasteiger partial charge on any atom is -0.481 e. The first-order valence-corrected chi connectivity index (χ1v) is 4.01. The maximum absolute atomic E-state index is 10.3. The van der Waals surface area contributed by atoms with Crippen LogP contribution in [-0.4, -0.2) is 17.1 Å². The molecule has 3 heteroatoms. The summed E-state index contributed by atoms with van der Waals surface area (Å²) in [5, 5.41) is 8.49. The fraction of sp³-hybridized carbons (Fsp3) is 0.444. The van der Waals surface area contributed by atoms with Crippen molar-refractivity contribution >= 4 is 5.97 Å². The van der Waals surface area contributed by atoms with Gasteiger partial charge in [0.15, 0.2) is 0 Å². The third kappa shape index (κ3) is 2.51. The molecule has 1 aliphatic rings. The average Bonchev–Trinajstić information content (AvgIpc) is 2.05. The molecule has 0 aromatic heterocycles. The lowest BCUT2D eigenvalue weighted by Gasteiger charge is -2.14. The molecule has 1 aliphatic carbocycles. The summed E-state index contributed by atoms with van der Waals surface area (Å²) < 4.78 is 0. The largest absolute Gasteiger partial charge is 0.481 e. The van der Waals surface area contributed by atoms with Crippen LogP contribution in [0, 0.1) is 0 Å². The molecule has 0 saturated heterocycles. The maximum atomic E-state index is 10.3. The maximum Gasteiger partial charge on any atom is 0.305 e. The molecule has 1 atom stereocenters. The number of aliphatic carboxylic acids is 1. The second kappa shape index (κ2) is 4.07. The van der Waals surface area contributed by atoms with Crippen LogP contribution in [0.1, 0.15) is 19.3 Å². The Labute approximate surface area is 71.6 Å². The monoisotopic (exact) mass is 167 g/mol. The number of allylic oxidation sites excluding steroid dienone is 3. The summed E-state index contributed by atoms with van der Waals surface area (Å²) in [5.74, 6) is -0.835. The van der Waals surface area contributed by atoms with E-state index in [1.807, 2.05) is 12.2 Å². The first-order chi connectivity index (χ1) is 5.70. The molecule has 0 amide bonds. The molecule has 3 nitrogen and oxygen atoms in total. The Hall–Kier alpha value is -1.09. The molecule has 0 fully saturated rings. The highest BCUT2D eigenvalue weighted by molar-refractivity contribution is 5.68. The number of nitrogens with two attached hydrogens (primary N) is 1. The summed E-state index contributed by atoms with van der Waals surface area (Å²) in [6.07, 6.45) is 7.79. The third-order valence-electron chi connectivity index (χ3n) is 1.91. The van der Waals surface area contributed by atoms with Crippen molar-refractivity contribution in [2.45, 2.75) is 25.3 Å². The van der Waals surface area contributed by atoms with Crippen LogP contribution < -0.4 is 5.73 Å². The molecule has 1 unspecified atom stereocenters. The Morgan fingerprint density at radius 2 is 2.42 bits per heavy atom. The van der Waals surface area contributed by atoms with Crippen molar-refractivity contribution in [3.8, 4) is 0 Å². The SMILES string of the molecule is NC(CC(=O)O)C1=CCC=CC1. The minimum atomic E-state index is -0.835. The van der Waals surface area contributed by atoms with E-state index >= 15 is 0 Å². The van der Waals surface area contributed by atoms with E-state index in [4.69, 9.17) is 10.8 Å². The quantitative estimate of drug-likeness (QED) is 0.618. The molecule has 0 bridgehead atoms. The lowest BCUT2D eigenvalue weighted by Crippen LogP contribution is -2.26. The van der Waals surface area contributed by atoms with Crippen LogP contribution in [0.5, 0.6) is 0 Å². The van der Waals surface area contributed by atoms with Gasteiger partial charge in [-0.3, -0.25) is 4.79 Å². The summed E-state index contributed by atoms with van der Waals surface area (Å²) >= 11 is 0. The number of hydrogen-bond acceptors (Lipinski definition) is 2. The number of carbonyl (C=O) groups is 1. The zero-order valence-electron chi connectivity index (χ0n) is 6.86. The summed E-state index contributed by atoms with van der Waals surface area (Å²) in [7, 11) is 0. The van der Waals surface area contributed by atoms with E-state index in [0.29, 0.717) is 0 Å². The van der Waals surface area contributed by atoms with Gasteiger partial charge in [0.1, 0.15) is 0 Å². The van der Waals surface area contributed by atoms with Crippen LogP contribution in [0.25, 0.3) is 0 Å². The molecule has 0 aromatic rings. The van der Waals surface area contributed by atoms with Gasteiger partial charge in [0, 0.05) is 6.04 Å². The van der Waals surface area contributed by atoms with Crippen molar-refractivity contribution in [2.24, 2.45) is 5.73 Å². The van der Waals surface area contributed by atoms with Crippen molar-refractivity contribution in [2.75, 3.05) is 0 Å². The Kier molecular flexibility index (Phi) is 3.05. The molecule has 0 spiro atoms. The molecule has 0 heterocycles. The van der Waals surface area contributed by atoms with Gasteiger partial charge in [-0.05, 0) is 12.8 Å². The fourth-order valence-corrected chi connectivity index (χ4v) is 1.24. The van der Waals surface area contributed by atoms with E-state index < -0.39 is 5.97 Å². The summed E-state index contributed by atoms with van der Waals surface area (Å²) in [5.41, 5.74) is 6.71. The number of hydrogen-bond donors (Lipinski definition) is 2. The minimum absolute atomic E-state index is 0.0275. The van der Waals surface area contributed by atoms with E-state index in [9.17, 15) is 4.79 Å². The summed E-state index contributed by atoms with van der Waals surface area (Å²) in [6, 6.07) is -0.313. The van der Waals surface area contributed by atoms with Crippen LogP contribution in [0.4, 0.5) is 0 Å². The highest BCUT2D eigenvalue weighted by atomic mass is 16.4.